The third-order valence-electron chi connectivity index (χ3n) is 12.3. The summed E-state index contributed by atoms with van der Waals surface area (Å²) in [7, 11) is -11.2. The summed E-state index contributed by atoms with van der Waals surface area (Å²) < 4.78 is 143. The lowest BCUT2D eigenvalue weighted by molar-refractivity contribution is -0.441. The lowest BCUT2D eigenvalue weighted by Crippen LogP contribution is -2.32. The van der Waals surface area contributed by atoms with E-state index in [9.17, 15) is 53.3 Å². The molecule has 0 bridgehead atoms. The van der Waals surface area contributed by atoms with Crippen molar-refractivity contribution in [2.45, 2.75) is 73.0 Å². The van der Waals surface area contributed by atoms with Gasteiger partial charge < -0.3 is 51.8 Å². The maximum Gasteiger partial charge on any atom is 0.335 e. The van der Waals surface area contributed by atoms with E-state index in [2.05, 4.69) is 0 Å². The first-order valence-corrected chi connectivity index (χ1v) is 27.4. The van der Waals surface area contributed by atoms with Gasteiger partial charge >= 0.3 is 5.97 Å². The summed E-state index contributed by atoms with van der Waals surface area (Å²) in [5, 5.41) is 0.483. The van der Waals surface area contributed by atoms with Crippen LogP contribution in [0.4, 0.5) is 11.4 Å². The average Bonchev–Trinajstić information content (AvgIpc) is 3.84. The van der Waals surface area contributed by atoms with Crippen molar-refractivity contribution in [1.29, 1.82) is 0 Å². The molecule has 2 amide bonds. The fourth-order valence-electron chi connectivity index (χ4n) is 8.71. The molecule has 3 aliphatic heterocycles. The van der Waals surface area contributed by atoms with E-state index in [0.717, 1.165) is 5.70 Å². The van der Waals surface area contributed by atoms with Crippen LogP contribution in [0, 0.1) is 0 Å². The summed E-state index contributed by atoms with van der Waals surface area (Å²) in [6, 6.07) is 8.26. The van der Waals surface area contributed by atoms with E-state index in [1.807, 2.05) is 22.5 Å². The van der Waals surface area contributed by atoms with E-state index in [-0.39, 0.29) is 103 Å². The van der Waals surface area contributed by atoms with E-state index in [4.69, 9.17) is 33.3 Å². The summed E-state index contributed by atoms with van der Waals surface area (Å²) in [5.74, 6) is -2.53. The molecule has 398 valence electrons. The number of carbonyl (C=O) groups excluding carboxylic acids is 3. The first-order valence-electron chi connectivity index (χ1n) is 23.0. The van der Waals surface area contributed by atoms with Crippen molar-refractivity contribution in [3.8, 4) is 0 Å². The number of hydrogen-bond acceptors (Lipinski definition) is 20. The van der Waals surface area contributed by atoms with Crippen LogP contribution >= 0.6 is 0 Å². The minimum atomic E-state index is -4.86. The van der Waals surface area contributed by atoms with Gasteiger partial charge in [-0.15, -0.1) is 5.06 Å². The average molecular weight is 1070 g/mol. The highest BCUT2D eigenvalue weighted by atomic mass is 32.2. The Morgan fingerprint density at radius 3 is 1.85 bits per heavy atom. The molecule has 5 rings (SSSR count). The maximum atomic E-state index is 12.2. The Morgan fingerprint density at radius 1 is 0.694 bits per heavy atom. The van der Waals surface area contributed by atoms with Gasteiger partial charge in [-0.3, -0.25) is 9.59 Å². The molecule has 0 radical (unpaired) electrons. The van der Waals surface area contributed by atoms with Gasteiger partial charge in [0.15, 0.2) is 12.3 Å². The fraction of sp³-hybridized carbons (Fsp3) is 0.532. The summed E-state index contributed by atoms with van der Waals surface area (Å²) >= 11 is 0. The van der Waals surface area contributed by atoms with Crippen LogP contribution in [0.2, 0.25) is 0 Å². The Labute approximate surface area is 420 Å². The number of carbonyl (C=O) groups is 3. The van der Waals surface area contributed by atoms with Gasteiger partial charge in [-0.2, -0.15) is 4.58 Å². The summed E-state index contributed by atoms with van der Waals surface area (Å²) in [5.41, 5.74) is 1.79. The first-order chi connectivity index (χ1) is 34.0. The number of allylic oxidation sites excluding steroid dienone is 6. The quantitative estimate of drug-likeness (QED) is 0.0345. The van der Waals surface area contributed by atoms with Crippen molar-refractivity contribution >= 4 is 65.2 Å². The number of ether oxygens (including phenoxy) is 6. The van der Waals surface area contributed by atoms with Gasteiger partial charge in [0, 0.05) is 80.5 Å². The number of anilines is 1. The van der Waals surface area contributed by atoms with Crippen molar-refractivity contribution in [2.75, 3.05) is 104 Å². The summed E-state index contributed by atoms with van der Waals surface area (Å²) in [6.45, 7) is 6.52. The molecule has 3 heterocycles. The molecule has 72 heavy (non-hydrogen) atoms. The molecule has 1 saturated heterocycles. The standard InChI is InChI=1S/C47H63N3O19S3/c1-46(18-8-32-70(54,55)56)37-33-35(71(57,58)59)11-13-39(37)48(20-24-64-4)41(46)9-6-5-7-10-42-47(2,19-23-63-3)38-34-36(72(60,61)62)12-14-40(38)49(42)21-25-66-27-29-68-31-30-67-28-26-65-22-17-45(53)69-50-43(51)15-16-44(50)52/h5-7,9-14,33-34H,8,15-32H2,1-4H3,(H2-,54,55,56,57,58,59,60,61,62)/p-2. The van der Waals surface area contributed by atoms with Crippen molar-refractivity contribution in [3.05, 3.63) is 83.6 Å². The highest BCUT2D eigenvalue weighted by Gasteiger charge is 2.48. The smallest absolute Gasteiger partial charge is 0.335 e. The predicted octanol–water partition coefficient (Wildman–Crippen LogP) is 2.70. The van der Waals surface area contributed by atoms with Crippen LogP contribution in [-0.2, 0) is 88.8 Å². The number of imide groups is 1. The largest absolute Gasteiger partial charge is 0.748 e. The number of benzene rings is 2. The van der Waals surface area contributed by atoms with E-state index in [1.54, 1.807) is 44.4 Å². The highest BCUT2D eigenvalue weighted by molar-refractivity contribution is 7.86. The van der Waals surface area contributed by atoms with Gasteiger partial charge in [-0.25, -0.2) is 30.0 Å². The predicted molar refractivity (Wildman–Crippen MR) is 254 cm³/mol. The number of hydrogen-bond donors (Lipinski definition) is 0. The molecular formula is C47H61N3O19S3-2. The van der Waals surface area contributed by atoms with Crippen LogP contribution in [0.1, 0.15) is 63.5 Å². The minimum Gasteiger partial charge on any atom is -0.748 e. The van der Waals surface area contributed by atoms with Gasteiger partial charge in [0.25, 0.3) is 11.8 Å². The molecule has 2 aromatic carbocycles. The number of fused-ring (bicyclic) bond motifs is 2. The lowest BCUT2D eigenvalue weighted by atomic mass is 9.76. The second-order valence-electron chi connectivity index (χ2n) is 17.3. The highest BCUT2D eigenvalue weighted by Crippen LogP contribution is 2.51. The summed E-state index contributed by atoms with van der Waals surface area (Å²) in [6.07, 6.45) is 9.23. The zero-order valence-corrected chi connectivity index (χ0v) is 43.1. The fourth-order valence-corrected chi connectivity index (χ4v) is 10.2. The Kier molecular flexibility index (Phi) is 20.9. The zero-order valence-electron chi connectivity index (χ0n) is 40.6. The Morgan fingerprint density at radius 2 is 1.26 bits per heavy atom. The van der Waals surface area contributed by atoms with Crippen molar-refractivity contribution in [3.63, 3.8) is 0 Å². The molecule has 3 aliphatic rings. The molecule has 0 aliphatic carbocycles. The van der Waals surface area contributed by atoms with Crippen LogP contribution in [0.3, 0.4) is 0 Å². The van der Waals surface area contributed by atoms with Gasteiger partial charge in [-0.05, 0) is 75.1 Å². The molecule has 25 heteroatoms. The molecule has 0 aromatic heterocycles. The molecule has 22 nitrogen and oxygen atoms in total. The van der Waals surface area contributed by atoms with E-state index >= 15 is 0 Å². The Hall–Kier alpha value is -4.77. The van der Waals surface area contributed by atoms with E-state index in [1.165, 1.54) is 37.4 Å². The van der Waals surface area contributed by atoms with Gasteiger partial charge in [-0.1, -0.05) is 18.2 Å². The molecule has 2 aromatic rings. The third kappa shape index (κ3) is 15.4. The second kappa shape index (κ2) is 25.9. The normalized spacial score (nSPS) is 20.0. The molecule has 1 fully saturated rings. The van der Waals surface area contributed by atoms with Crippen LogP contribution in [0.25, 0.3) is 0 Å². The van der Waals surface area contributed by atoms with Crippen molar-refractivity contribution < 1.29 is 91.1 Å². The number of methoxy groups -OCH3 is 2. The number of hydroxylamine groups is 2. The molecule has 2 unspecified atom stereocenters. The number of rotatable bonds is 31. The lowest BCUT2D eigenvalue weighted by Gasteiger charge is -2.30. The topological polar surface area (TPSA) is 297 Å². The molecule has 0 saturated carbocycles. The van der Waals surface area contributed by atoms with Gasteiger partial charge in [0.1, 0.15) is 26.8 Å². The maximum absolute atomic E-state index is 12.2. The number of nitrogens with zero attached hydrogens (tertiary/aromatic N) is 3. The first kappa shape index (κ1) is 58.1. The number of amides is 2. The third-order valence-corrected chi connectivity index (χ3v) is 14.8. The van der Waals surface area contributed by atoms with Gasteiger partial charge in [0.2, 0.25) is 5.69 Å². The SMILES string of the molecule is COCC[N+]1=C(/C=C/C=C/C=C2/N(CCOCCOCCOCCOCCC(=O)ON3C(=O)CCC3=O)c3ccc(S(=O)(=O)[O-])cc3C2(C)CCOC)C(C)(CCCS(=O)(=O)[O-])c2cc(S(=O)(=O)[O-])ccc21. The minimum absolute atomic E-state index is 0.00718. The molecule has 2 atom stereocenters. The monoisotopic (exact) mass is 1070 g/mol. The van der Waals surface area contributed by atoms with Gasteiger partial charge in [0.05, 0.1) is 84.6 Å². The van der Waals surface area contributed by atoms with Crippen LogP contribution in [0.15, 0.2) is 82.3 Å². The van der Waals surface area contributed by atoms with Crippen LogP contribution < -0.4 is 4.90 Å². The zero-order chi connectivity index (χ0) is 52.7. The van der Waals surface area contributed by atoms with Crippen LogP contribution in [-0.4, -0.2) is 171 Å². The van der Waals surface area contributed by atoms with Crippen molar-refractivity contribution in [2.24, 2.45) is 0 Å². The second-order valence-corrected chi connectivity index (χ2v) is 21.5. The Balaban J connectivity index is 1.25. The molecular weight excluding hydrogens is 1010 g/mol. The molecule has 0 N–H and O–H groups in total. The van der Waals surface area contributed by atoms with E-state index in [0.29, 0.717) is 52.8 Å². The van der Waals surface area contributed by atoms with E-state index < -0.39 is 69.6 Å². The van der Waals surface area contributed by atoms with Crippen LogP contribution in [0.5, 0.6) is 0 Å². The Bertz CT molecular complexity index is 2720. The summed E-state index contributed by atoms with van der Waals surface area (Å²) in [4.78, 5) is 40.9. The molecule has 0 spiro atoms. The van der Waals surface area contributed by atoms with Crippen molar-refractivity contribution in [1.82, 2.24) is 5.06 Å².